The highest BCUT2D eigenvalue weighted by molar-refractivity contribution is 4.91. The number of aryl methyl sites for hydroxylation is 1. The fraction of sp³-hybridized carbons (Fsp3) is 0.750. The van der Waals surface area contributed by atoms with Crippen LogP contribution in [-0.4, -0.2) is 27.9 Å². The number of hydrogen-bond donors (Lipinski definition) is 2. The van der Waals surface area contributed by atoms with Crippen molar-refractivity contribution in [2.45, 2.75) is 19.4 Å². The predicted octanol–water partition coefficient (Wildman–Crippen LogP) is -0.185. The highest BCUT2D eigenvalue weighted by atomic mass is 15.3. The summed E-state index contributed by atoms with van der Waals surface area (Å²) in [5, 5.41) is 11.2. The van der Waals surface area contributed by atoms with Crippen molar-refractivity contribution in [1.82, 2.24) is 20.1 Å². The number of hydrogen-bond acceptors (Lipinski definition) is 4. The molecule has 74 valence electrons. The molecule has 0 amide bonds. The number of aromatic nitrogens is 3. The van der Waals surface area contributed by atoms with E-state index >= 15 is 0 Å². The minimum atomic E-state index is 0.235. The standard InChI is InChI=1S/C8H17N5/c1-7(10-5-3-4-9)8-12-11-6-13(8)2/h6-7,10H,3-5,9H2,1-2H3. The Hall–Kier alpha value is -0.940. The van der Waals surface area contributed by atoms with Crippen molar-refractivity contribution >= 4 is 0 Å². The Labute approximate surface area is 78.3 Å². The Morgan fingerprint density at radius 2 is 2.46 bits per heavy atom. The highest BCUT2D eigenvalue weighted by Crippen LogP contribution is 2.05. The lowest BCUT2D eigenvalue weighted by atomic mass is 10.3. The van der Waals surface area contributed by atoms with E-state index < -0.39 is 0 Å². The van der Waals surface area contributed by atoms with E-state index in [1.807, 2.05) is 11.6 Å². The average molecular weight is 183 g/mol. The van der Waals surface area contributed by atoms with Gasteiger partial charge in [-0.05, 0) is 26.4 Å². The molecule has 0 bridgehead atoms. The largest absolute Gasteiger partial charge is 0.330 e. The second-order valence-corrected chi connectivity index (χ2v) is 3.12. The van der Waals surface area contributed by atoms with Gasteiger partial charge in [-0.3, -0.25) is 0 Å². The van der Waals surface area contributed by atoms with Gasteiger partial charge in [0.25, 0.3) is 0 Å². The van der Waals surface area contributed by atoms with Crippen LogP contribution >= 0.6 is 0 Å². The molecule has 5 heteroatoms. The second kappa shape index (κ2) is 4.94. The maximum atomic E-state index is 5.39. The third-order valence-corrected chi connectivity index (χ3v) is 1.97. The predicted molar refractivity (Wildman–Crippen MR) is 51.1 cm³/mol. The fourth-order valence-electron chi connectivity index (χ4n) is 1.20. The van der Waals surface area contributed by atoms with Crippen molar-refractivity contribution in [3.63, 3.8) is 0 Å². The van der Waals surface area contributed by atoms with Gasteiger partial charge in [0.1, 0.15) is 12.2 Å². The molecule has 1 aromatic rings. The number of rotatable bonds is 5. The summed E-state index contributed by atoms with van der Waals surface area (Å²) in [5.41, 5.74) is 5.39. The molecule has 1 atom stereocenters. The Kier molecular flexibility index (Phi) is 3.85. The smallest absolute Gasteiger partial charge is 0.149 e. The van der Waals surface area contributed by atoms with Crippen molar-refractivity contribution in [1.29, 1.82) is 0 Å². The lowest BCUT2D eigenvalue weighted by Gasteiger charge is -2.11. The molecule has 0 fully saturated rings. The van der Waals surface area contributed by atoms with Gasteiger partial charge in [0.05, 0.1) is 6.04 Å². The van der Waals surface area contributed by atoms with Gasteiger partial charge in [-0.1, -0.05) is 0 Å². The third-order valence-electron chi connectivity index (χ3n) is 1.97. The number of nitrogens with one attached hydrogen (secondary N) is 1. The molecular formula is C8H17N5. The molecule has 1 heterocycles. The quantitative estimate of drug-likeness (QED) is 0.621. The first-order chi connectivity index (χ1) is 6.25. The molecule has 0 radical (unpaired) electrons. The van der Waals surface area contributed by atoms with Crippen molar-refractivity contribution in [3.8, 4) is 0 Å². The van der Waals surface area contributed by atoms with E-state index in [0.717, 1.165) is 25.3 Å². The van der Waals surface area contributed by atoms with Gasteiger partial charge in [-0.15, -0.1) is 10.2 Å². The summed E-state index contributed by atoms with van der Waals surface area (Å²) in [6.45, 7) is 3.71. The molecule has 3 N–H and O–H groups in total. The Bertz CT molecular complexity index is 244. The molecule has 1 rings (SSSR count). The van der Waals surface area contributed by atoms with Crippen molar-refractivity contribution in [2.24, 2.45) is 12.8 Å². The normalized spacial score (nSPS) is 13.2. The lowest BCUT2D eigenvalue weighted by molar-refractivity contribution is 0.522. The van der Waals surface area contributed by atoms with Gasteiger partial charge < -0.3 is 15.6 Å². The summed E-state index contributed by atoms with van der Waals surface area (Å²) in [6.07, 6.45) is 2.69. The maximum absolute atomic E-state index is 5.39. The molecule has 0 aliphatic rings. The van der Waals surface area contributed by atoms with Crippen molar-refractivity contribution in [3.05, 3.63) is 12.2 Å². The van der Waals surface area contributed by atoms with Crippen LogP contribution in [0.15, 0.2) is 6.33 Å². The molecule has 0 aliphatic carbocycles. The maximum Gasteiger partial charge on any atom is 0.149 e. The topological polar surface area (TPSA) is 68.8 Å². The van der Waals surface area contributed by atoms with Crippen LogP contribution < -0.4 is 11.1 Å². The molecule has 0 saturated carbocycles. The van der Waals surface area contributed by atoms with Crippen LogP contribution in [0.5, 0.6) is 0 Å². The number of nitrogens with zero attached hydrogens (tertiary/aromatic N) is 3. The van der Waals surface area contributed by atoms with Crippen molar-refractivity contribution in [2.75, 3.05) is 13.1 Å². The fourth-order valence-corrected chi connectivity index (χ4v) is 1.20. The molecule has 0 spiro atoms. The molecule has 0 saturated heterocycles. The monoisotopic (exact) mass is 183 g/mol. The van der Waals surface area contributed by atoms with Crippen LogP contribution in [0.25, 0.3) is 0 Å². The molecular weight excluding hydrogens is 166 g/mol. The molecule has 1 unspecified atom stereocenters. The SMILES string of the molecule is CC(NCCCN)c1nncn1C. The summed E-state index contributed by atoms with van der Waals surface area (Å²) in [7, 11) is 1.94. The van der Waals surface area contributed by atoms with E-state index in [2.05, 4.69) is 22.4 Å². The molecule has 5 nitrogen and oxygen atoms in total. The van der Waals surface area contributed by atoms with Gasteiger partial charge in [0, 0.05) is 7.05 Å². The van der Waals surface area contributed by atoms with Crippen LogP contribution in [0.3, 0.4) is 0 Å². The minimum absolute atomic E-state index is 0.235. The van der Waals surface area contributed by atoms with Crippen LogP contribution in [-0.2, 0) is 7.05 Å². The van der Waals surface area contributed by atoms with E-state index in [1.54, 1.807) is 6.33 Å². The summed E-state index contributed by atoms with van der Waals surface area (Å²) < 4.78 is 1.92. The summed E-state index contributed by atoms with van der Waals surface area (Å²) >= 11 is 0. The summed E-state index contributed by atoms with van der Waals surface area (Å²) in [4.78, 5) is 0. The van der Waals surface area contributed by atoms with E-state index in [0.29, 0.717) is 0 Å². The first kappa shape index (κ1) is 10.1. The molecule has 1 aromatic heterocycles. The second-order valence-electron chi connectivity index (χ2n) is 3.12. The van der Waals surface area contributed by atoms with Gasteiger partial charge in [0.15, 0.2) is 0 Å². The Morgan fingerprint density at radius 1 is 1.69 bits per heavy atom. The molecule has 0 aromatic carbocycles. The minimum Gasteiger partial charge on any atom is -0.330 e. The lowest BCUT2D eigenvalue weighted by Crippen LogP contribution is -2.24. The zero-order valence-corrected chi connectivity index (χ0v) is 8.20. The van der Waals surface area contributed by atoms with E-state index in [1.165, 1.54) is 0 Å². The Morgan fingerprint density at radius 3 is 3.00 bits per heavy atom. The zero-order chi connectivity index (χ0) is 9.68. The van der Waals surface area contributed by atoms with Crippen LogP contribution in [0.2, 0.25) is 0 Å². The van der Waals surface area contributed by atoms with Gasteiger partial charge in [-0.2, -0.15) is 0 Å². The summed E-state index contributed by atoms with van der Waals surface area (Å²) in [6, 6.07) is 0.235. The third kappa shape index (κ3) is 2.78. The van der Waals surface area contributed by atoms with Gasteiger partial charge in [-0.25, -0.2) is 0 Å². The van der Waals surface area contributed by atoms with Gasteiger partial charge in [0.2, 0.25) is 0 Å². The van der Waals surface area contributed by atoms with Gasteiger partial charge >= 0.3 is 0 Å². The zero-order valence-electron chi connectivity index (χ0n) is 8.20. The van der Waals surface area contributed by atoms with E-state index in [-0.39, 0.29) is 6.04 Å². The first-order valence-electron chi connectivity index (χ1n) is 4.53. The first-order valence-corrected chi connectivity index (χ1v) is 4.53. The highest BCUT2D eigenvalue weighted by Gasteiger charge is 2.09. The molecule has 13 heavy (non-hydrogen) atoms. The number of nitrogens with two attached hydrogens (primary N) is 1. The van der Waals surface area contributed by atoms with E-state index in [4.69, 9.17) is 5.73 Å². The van der Waals surface area contributed by atoms with Crippen molar-refractivity contribution < 1.29 is 0 Å². The van der Waals surface area contributed by atoms with E-state index in [9.17, 15) is 0 Å². The van der Waals surface area contributed by atoms with Crippen LogP contribution in [0.1, 0.15) is 25.2 Å². The Balaban J connectivity index is 2.39. The molecule has 0 aliphatic heterocycles. The average Bonchev–Trinajstić information content (AvgIpc) is 2.52. The summed E-state index contributed by atoms with van der Waals surface area (Å²) in [5.74, 6) is 0.956. The van der Waals surface area contributed by atoms with Crippen LogP contribution in [0.4, 0.5) is 0 Å². The van der Waals surface area contributed by atoms with Crippen LogP contribution in [0, 0.1) is 0 Å².